The average Bonchev–Trinajstić information content (AvgIpc) is 3.41. The number of aromatic nitrogens is 2. The monoisotopic (exact) mass is 472 g/mol. The molecule has 2 heterocycles. The molecule has 1 aliphatic rings. The number of benzene rings is 2. The molecule has 1 aliphatic heterocycles. The number of carbonyl (C=O) groups excluding carboxylic acids is 2. The van der Waals surface area contributed by atoms with E-state index in [1.165, 1.54) is 25.6 Å². The van der Waals surface area contributed by atoms with E-state index in [1.54, 1.807) is 29.2 Å². The minimum atomic E-state index is -0.341. The Morgan fingerprint density at radius 3 is 2.66 bits per heavy atom. The third-order valence-electron chi connectivity index (χ3n) is 5.25. The number of anilines is 2. The molecule has 2 amide bonds. The fraction of sp³-hybridized carbons (Fsp3) is 0.273. The third-order valence-corrected chi connectivity index (χ3v) is 6.66. The molecule has 1 aromatic heterocycles. The van der Waals surface area contributed by atoms with E-state index < -0.39 is 0 Å². The number of nitrogens with one attached hydrogen (secondary N) is 1. The number of hydrogen-bond donors (Lipinski definition) is 1. The van der Waals surface area contributed by atoms with Gasteiger partial charge in [0.15, 0.2) is 11.5 Å². The molecule has 3 aromatic rings. The summed E-state index contributed by atoms with van der Waals surface area (Å²) in [5.74, 6) is 0.548. The quantitative estimate of drug-likeness (QED) is 0.575. The maximum atomic E-state index is 12.6. The molecule has 1 saturated heterocycles. The topological polar surface area (TPSA) is 93.7 Å². The number of carbonyl (C=O) groups is 2. The summed E-state index contributed by atoms with van der Waals surface area (Å²) in [6, 6.07) is 10.5. The lowest BCUT2D eigenvalue weighted by atomic mass is 10.1. The molecule has 4 rings (SSSR count). The van der Waals surface area contributed by atoms with Gasteiger partial charge in [0.25, 0.3) is 5.91 Å². The largest absolute Gasteiger partial charge is 0.493 e. The zero-order valence-corrected chi connectivity index (χ0v) is 19.3. The smallest absolute Gasteiger partial charge is 0.257 e. The Bertz CT molecular complexity index is 1180. The molecule has 32 heavy (non-hydrogen) atoms. The van der Waals surface area contributed by atoms with Crippen LogP contribution < -0.4 is 19.7 Å². The number of aryl methyl sites for hydroxylation is 1. The van der Waals surface area contributed by atoms with Gasteiger partial charge in [0, 0.05) is 35.2 Å². The Morgan fingerprint density at radius 1 is 1.16 bits per heavy atom. The molecule has 1 fully saturated rings. The minimum Gasteiger partial charge on any atom is -0.493 e. The number of nitrogens with zero attached hydrogens (tertiary/aromatic N) is 3. The predicted octanol–water partition coefficient (Wildman–Crippen LogP) is 4.29. The molecule has 0 bridgehead atoms. The van der Waals surface area contributed by atoms with E-state index in [4.69, 9.17) is 21.1 Å². The lowest BCUT2D eigenvalue weighted by Gasteiger charge is -2.17. The fourth-order valence-corrected chi connectivity index (χ4v) is 4.47. The Balaban J connectivity index is 1.45. The number of halogens is 1. The summed E-state index contributed by atoms with van der Waals surface area (Å²) in [7, 11) is 3.04. The van der Waals surface area contributed by atoms with Gasteiger partial charge < -0.3 is 14.4 Å². The number of methoxy groups -OCH3 is 2. The van der Waals surface area contributed by atoms with Crippen molar-refractivity contribution in [3.8, 4) is 11.5 Å². The Labute approximate surface area is 194 Å². The van der Waals surface area contributed by atoms with Gasteiger partial charge in [-0.1, -0.05) is 29.0 Å². The maximum Gasteiger partial charge on any atom is 0.257 e. The first-order chi connectivity index (χ1) is 15.4. The van der Waals surface area contributed by atoms with Crippen LogP contribution in [0.15, 0.2) is 36.4 Å². The highest BCUT2D eigenvalue weighted by Crippen LogP contribution is 2.35. The van der Waals surface area contributed by atoms with Crippen molar-refractivity contribution in [3.05, 3.63) is 57.6 Å². The van der Waals surface area contributed by atoms with Crippen molar-refractivity contribution in [1.29, 1.82) is 0 Å². The van der Waals surface area contributed by atoms with Crippen molar-refractivity contribution >= 4 is 45.6 Å². The van der Waals surface area contributed by atoms with Crippen molar-refractivity contribution < 1.29 is 19.1 Å². The van der Waals surface area contributed by atoms with Crippen molar-refractivity contribution in [2.45, 2.75) is 19.3 Å². The van der Waals surface area contributed by atoms with Crippen LogP contribution in [0.25, 0.3) is 0 Å². The second kappa shape index (κ2) is 9.13. The van der Waals surface area contributed by atoms with Gasteiger partial charge >= 0.3 is 0 Å². The molecule has 1 unspecified atom stereocenters. The van der Waals surface area contributed by atoms with Crippen LogP contribution in [0, 0.1) is 6.92 Å². The summed E-state index contributed by atoms with van der Waals surface area (Å²) >= 11 is 7.48. The van der Waals surface area contributed by atoms with Crippen molar-refractivity contribution in [2.24, 2.45) is 0 Å². The molecule has 166 valence electrons. The molecule has 1 N–H and O–H groups in total. The molecule has 1 atom stereocenters. The number of rotatable bonds is 6. The third kappa shape index (κ3) is 4.39. The summed E-state index contributed by atoms with van der Waals surface area (Å²) in [4.78, 5) is 26.9. The van der Waals surface area contributed by atoms with E-state index in [0.29, 0.717) is 45.2 Å². The first kappa shape index (κ1) is 22.0. The summed E-state index contributed by atoms with van der Waals surface area (Å²) in [6.07, 6.45) is 0.323. The molecule has 10 heteroatoms. The standard InChI is InChI=1S/C22H21ClN4O4S/c1-12-4-6-15(10-16(12)23)27-11-14(9-19(27)28)21-25-26-22(32-21)24-20(29)13-5-7-17(30-2)18(8-13)31-3/h4-8,10,14H,9,11H2,1-3H3,(H,24,26,29). The van der Waals surface area contributed by atoms with E-state index in [0.717, 1.165) is 11.3 Å². The molecular weight excluding hydrogens is 452 g/mol. The molecule has 0 aliphatic carbocycles. The van der Waals surface area contributed by atoms with Crippen LogP contribution in [-0.2, 0) is 4.79 Å². The van der Waals surface area contributed by atoms with Gasteiger partial charge in [-0.2, -0.15) is 0 Å². The van der Waals surface area contributed by atoms with Crippen molar-refractivity contribution in [3.63, 3.8) is 0 Å². The van der Waals surface area contributed by atoms with Gasteiger partial charge in [0.2, 0.25) is 11.0 Å². The lowest BCUT2D eigenvalue weighted by Crippen LogP contribution is -2.24. The molecule has 8 nitrogen and oxygen atoms in total. The zero-order chi connectivity index (χ0) is 22.8. The van der Waals surface area contributed by atoms with Crippen LogP contribution in [0.2, 0.25) is 5.02 Å². The van der Waals surface area contributed by atoms with Crippen LogP contribution >= 0.6 is 22.9 Å². The van der Waals surface area contributed by atoms with Gasteiger partial charge in [0.1, 0.15) is 5.01 Å². The van der Waals surface area contributed by atoms with Crippen LogP contribution in [-0.4, -0.2) is 42.8 Å². The van der Waals surface area contributed by atoms with E-state index in [2.05, 4.69) is 15.5 Å². The Kier molecular flexibility index (Phi) is 6.29. The van der Waals surface area contributed by atoms with Gasteiger partial charge in [-0.15, -0.1) is 10.2 Å². The second-order valence-corrected chi connectivity index (χ2v) is 8.72. The van der Waals surface area contributed by atoms with E-state index >= 15 is 0 Å². The number of ether oxygens (including phenoxy) is 2. The van der Waals surface area contributed by atoms with Gasteiger partial charge in [-0.05, 0) is 42.8 Å². The molecule has 0 spiro atoms. The molecule has 0 saturated carbocycles. The second-order valence-electron chi connectivity index (χ2n) is 7.31. The Morgan fingerprint density at radius 2 is 1.94 bits per heavy atom. The van der Waals surface area contributed by atoms with E-state index in [9.17, 15) is 9.59 Å². The molecule has 0 radical (unpaired) electrons. The molecular formula is C22H21ClN4O4S. The number of amides is 2. The lowest BCUT2D eigenvalue weighted by molar-refractivity contribution is -0.117. The first-order valence-corrected chi connectivity index (χ1v) is 11.0. The summed E-state index contributed by atoms with van der Waals surface area (Å²) in [6.45, 7) is 2.40. The SMILES string of the molecule is COc1ccc(C(=O)Nc2nnc(C3CC(=O)N(c4ccc(C)c(Cl)c4)C3)s2)cc1OC. The van der Waals surface area contributed by atoms with Crippen molar-refractivity contribution in [2.75, 3.05) is 31.0 Å². The zero-order valence-electron chi connectivity index (χ0n) is 17.7. The van der Waals surface area contributed by atoms with Crippen LogP contribution in [0.4, 0.5) is 10.8 Å². The summed E-state index contributed by atoms with van der Waals surface area (Å²) in [5, 5.41) is 12.7. The highest BCUT2D eigenvalue weighted by molar-refractivity contribution is 7.15. The predicted molar refractivity (Wildman–Crippen MR) is 123 cm³/mol. The van der Waals surface area contributed by atoms with Crippen molar-refractivity contribution in [1.82, 2.24) is 10.2 Å². The van der Waals surface area contributed by atoms with E-state index in [1.807, 2.05) is 19.1 Å². The normalized spacial score (nSPS) is 15.7. The summed E-state index contributed by atoms with van der Waals surface area (Å²) < 4.78 is 10.4. The highest BCUT2D eigenvalue weighted by atomic mass is 35.5. The van der Waals surface area contributed by atoms with Crippen LogP contribution in [0.1, 0.15) is 33.3 Å². The van der Waals surface area contributed by atoms with Gasteiger partial charge in [0.05, 0.1) is 14.2 Å². The summed E-state index contributed by atoms with van der Waals surface area (Å²) in [5.41, 5.74) is 2.12. The highest BCUT2D eigenvalue weighted by Gasteiger charge is 2.34. The minimum absolute atomic E-state index is 0.000957. The van der Waals surface area contributed by atoms with Gasteiger partial charge in [-0.25, -0.2) is 0 Å². The van der Waals surface area contributed by atoms with Gasteiger partial charge in [-0.3, -0.25) is 14.9 Å². The fourth-order valence-electron chi connectivity index (χ4n) is 3.47. The van der Waals surface area contributed by atoms with Crippen LogP contribution in [0.5, 0.6) is 11.5 Å². The van der Waals surface area contributed by atoms with Crippen LogP contribution in [0.3, 0.4) is 0 Å². The molecule has 2 aromatic carbocycles. The number of hydrogen-bond acceptors (Lipinski definition) is 7. The average molecular weight is 473 g/mol. The van der Waals surface area contributed by atoms with E-state index in [-0.39, 0.29) is 17.7 Å². The maximum absolute atomic E-state index is 12.6. The Hall–Kier alpha value is -3.17. The first-order valence-electron chi connectivity index (χ1n) is 9.83.